The van der Waals surface area contributed by atoms with Crippen LogP contribution >= 0.6 is 0 Å². The first kappa shape index (κ1) is 13.2. The number of rotatable bonds is 4. The Bertz CT molecular complexity index is 384. The van der Waals surface area contributed by atoms with Crippen molar-refractivity contribution in [2.24, 2.45) is 5.92 Å². The quantitative estimate of drug-likeness (QED) is 0.636. The van der Waals surface area contributed by atoms with E-state index < -0.39 is 0 Å². The average Bonchev–Trinajstić information content (AvgIpc) is 2.36. The molecule has 2 rings (SSSR count). The van der Waals surface area contributed by atoms with Gasteiger partial charge in [-0.05, 0) is 68.9 Å². The third kappa shape index (κ3) is 3.64. The summed E-state index contributed by atoms with van der Waals surface area (Å²) in [4.78, 5) is 2.56. The Balaban J connectivity index is 1.73. The van der Waals surface area contributed by atoms with Gasteiger partial charge in [0.15, 0.2) is 0 Å². The van der Waals surface area contributed by atoms with Gasteiger partial charge in [-0.25, -0.2) is 0 Å². The minimum Gasteiger partial charge on any atom is -0.506 e. The molecular weight excluding hydrogens is 224 g/mol. The van der Waals surface area contributed by atoms with E-state index in [1.54, 1.807) is 6.07 Å². The van der Waals surface area contributed by atoms with Gasteiger partial charge >= 0.3 is 0 Å². The number of hydrogen-bond donors (Lipinski definition) is 2. The molecule has 0 spiro atoms. The predicted octanol–water partition coefficient (Wildman–Crippen LogP) is 2.64. The lowest BCUT2D eigenvalue weighted by atomic mass is 9.99. The van der Waals surface area contributed by atoms with E-state index in [0.29, 0.717) is 5.69 Å². The van der Waals surface area contributed by atoms with Gasteiger partial charge in [0.2, 0.25) is 0 Å². The standard InChI is InChI=1S/C15H24N2O/c1-12-6-9-17(10-7-12)8-2-3-13-4-5-15(18)14(16)11-13/h4-5,11-12,18H,2-3,6-10,16H2,1H3. The maximum Gasteiger partial charge on any atom is 0.138 e. The Kier molecular flexibility index (Phi) is 4.48. The molecule has 100 valence electrons. The van der Waals surface area contributed by atoms with Gasteiger partial charge in [0.1, 0.15) is 5.75 Å². The van der Waals surface area contributed by atoms with E-state index in [9.17, 15) is 5.11 Å². The number of benzene rings is 1. The molecule has 0 aliphatic carbocycles. The minimum absolute atomic E-state index is 0.184. The van der Waals surface area contributed by atoms with Crippen LogP contribution in [0, 0.1) is 5.92 Å². The number of nitrogens with two attached hydrogens (primary N) is 1. The van der Waals surface area contributed by atoms with Crippen LogP contribution in [-0.4, -0.2) is 29.6 Å². The maximum absolute atomic E-state index is 9.36. The van der Waals surface area contributed by atoms with E-state index in [0.717, 1.165) is 12.3 Å². The summed E-state index contributed by atoms with van der Waals surface area (Å²) in [6.07, 6.45) is 4.88. The second-order valence-corrected chi connectivity index (χ2v) is 5.52. The fraction of sp³-hybridized carbons (Fsp3) is 0.600. The van der Waals surface area contributed by atoms with Crippen LogP contribution < -0.4 is 5.73 Å². The topological polar surface area (TPSA) is 49.5 Å². The molecule has 0 saturated carbocycles. The molecule has 3 heteroatoms. The highest BCUT2D eigenvalue weighted by molar-refractivity contribution is 5.53. The van der Waals surface area contributed by atoms with Crippen molar-refractivity contribution in [1.82, 2.24) is 4.90 Å². The number of aromatic hydroxyl groups is 1. The van der Waals surface area contributed by atoms with Crippen molar-refractivity contribution in [3.05, 3.63) is 23.8 Å². The van der Waals surface area contributed by atoms with Gasteiger partial charge in [0.05, 0.1) is 5.69 Å². The van der Waals surface area contributed by atoms with Crippen LogP contribution in [0.5, 0.6) is 5.75 Å². The number of phenolic OH excluding ortho intramolecular Hbond substituents is 1. The van der Waals surface area contributed by atoms with Crippen LogP contribution in [0.15, 0.2) is 18.2 Å². The zero-order valence-electron chi connectivity index (χ0n) is 11.2. The van der Waals surface area contributed by atoms with Crippen LogP contribution in [-0.2, 0) is 6.42 Å². The Morgan fingerprint density at radius 3 is 2.72 bits per heavy atom. The highest BCUT2D eigenvalue weighted by Gasteiger charge is 2.14. The molecule has 1 aromatic carbocycles. The van der Waals surface area contributed by atoms with Gasteiger partial charge in [0.25, 0.3) is 0 Å². The van der Waals surface area contributed by atoms with Crippen molar-refractivity contribution >= 4 is 5.69 Å². The van der Waals surface area contributed by atoms with E-state index in [1.165, 1.54) is 44.5 Å². The second-order valence-electron chi connectivity index (χ2n) is 5.52. The van der Waals surface area contributed by atoms with Crippen molar-refractivity contribution < 1.29 is 5.11 Å². The number of hydrogen-bond acceptors (Lipinski definition) is 3. The summed E-state index contributed by atoms with van der Waals surface area (Å²) in [6, 6.07) is 5.53. The lowest BCUT2D eigenvalue weighted by Gasteiger charge is -2.30. The Hall–Kier alpha value is -1.22. The Morgan fingerprint density at radius 2 is 2.06 bits per heavy atom. The summed E-state index contributed by atoms with van der Waals surface area (Å²) < 4.78 is 0. The molecule has 3 N–H and O–H groups in total. The molecule has 1 aliphatic heterocycles. The molecule has 0 radical (unpaired) electrons. The molecule has 3 nitrogen and oxygen atoms in total. The molecule has 0 bridgehead atoms. The van der Waals surface area contributed by atoms with E-state index in [2.05, 4.69) is 11.8 Å². The van der Waals surface area contributed by atoms with E-state index in [4.69, 9.17) is 5.73 Å². The lowest BCUT2D eigenvalue weighted by molar-refractivity contribution is 0.191. The van der Waals surface area contributed by atoms with Crippen molar-refractivity contribution in [2.75, 3.05) is 25.4 Å². The zero-order chi connectivity index (χ0) is 13.0. The maximum atomic E-state index is 9.36. The lowest BCUT2D eigenvalue weighted by Crippen LogP contribution is -2.33. The summed E-state index contributed by atoms with van der Waals surface area (Å²) in [7, 11) is 0. The number of piperidine rings is 1. The van der Waals surface area contributed by atoms with Crippen LogP contribution in [0.25, 0.3) is 0 Å². The number of nitrogens with zero attached hydrogens (tertiary/aromatic N) is 1. The number of phenols is 1. The number of aryl methyl sites for hydroxylation is 1. The van der Waals surface area contributed by atoms with Crippen molar-refractivity contribution in [3.8, 4) is 5.75 Å². The fourth-order valence-electron chi connectivity index (χ4n) is 2.55. The Morgan fingerprint density at radius 1 is 1.33 bits per heavy atom. The number of nitrogen functional groups attached to an aromatic ring is 1. The highest BCUT2D eigenvalue weighted by Crippen LogP contribution is 2.21. The molecule has 0 atom stereocenters. The molecule has 1 fully saturated rings. The highest BCUT2D eigenvalue weighted by atomic mass is 16.3. The third-order valence-electron chi connectivity index (χ3n) is 3.91. The van der Waals surface area contributed by atoms with Gasteiger partial charge in [-0.3, -0.25) is 0 Å². The summed E-state index contributed by atoms with van der Waals surface area (Å²) >= 11 is 0. The third-order valence-corrected chi connectivity index (χ3v) is 3.91. The van der Waals surface area contributed by atoms with Crippen LogP contribution in [0.3, 0.4) is 0 Å². The van der Waals surface area contributed by atoms with Crippen LogP contribution in [0.4, 0.5) is 5.69 Å². The van der Waals surface area contributed by atoms with E-state index in [1.807, 2.05) is 12.1 Å². The normalized spacial score (nSPS) is 18.1. The molecule has 18 heavy (non-hydrogen) atoms. The summed E-state index contributed by atoms with van der Waals surface area (Å²) in [5.74, 6) is 1.09. The van der Waals surface area contributed by atoms with E-state index >= 15 is 0 Å². The van der Waals surface area contributed by atoms with Crippen molar-refractivity contribution in [2.45, 2.75) is 32.6 Å². The largest absolute Gasteiger partial charge is 0.506 e. The first-order valence-electron chi connectivity index (χ1n) is 6.95. The van der Waals surface area contributed by atoms with Gasteiger partial charge in [-0.1, -0.05) is 13.0 Å². The minimum atomic E-state index is 0.184. The molecule has 1 saturated heterocycles. The fourth-order valence-corrected chi connectivity index (χ4v) is 2.55. The van der Waals surface area contributed by atoms with Crippen LogP contribution in [0.2, 0.25) is 0 Å². The molecule has 1 heterocycles. The smallest absolute Gasteiger partial charge is 0.138 e. The molecular formula is C15H24N2O. The number of likely N-dealkylation sites (tertiary alicyclic amines) is 1. The molecule has 1 aliphatic rings. The van der Waals surface area contributed by atoms with Crippen molar-refractivity contribution in [3.63, 3.8) is 0 Å². The van der Waals surface area contributed by atoms with Crippen LogP contribution in [0.1, 0.15) is 31.7 Å². The molecule has 0 aromatic heterocycles. The van der Waals surface area contributed by atoms with Crippen molar-refractivity contribution in [1.29, 1.82) is 0 Å². The van der Waals surface area contributed by atoms with Gasteiger partial charge < -0.3 is 15.7 Å². The summed E-state index contributed by atoms with van der Waals surface area (Å²) in [5.41, 5.74) is 7.39. The number of anilines is 1. The van der Waals surface area contributed by atoms with Gasteiger partial charge in [0, 0.05) is 0 Å². The second kappa shape index (κ2) is 6.10. The average molecular weight is 248 g/mol. The molecule has 0 unspecified atom stereocenters. The van der Waals surface area contributed by atoms with E-state index in [-0.39, 0.29) is 5.75 Å². The van der Waals surface area contributed by atoms with Gasteiger partial charge in [-0.15, -0.1) is 0 Å². The molecule has 0 amide bonds. The van der Waals surface area contributed by atoms with Gasteiger partial charge in [-0.2, -0.15) is 0 Å². The SMILES string of the molecule is CC1CCN(CCCc2ccc(O)c(N)c2)CC1. The summed E-state index contributed by atoms with van der Waals surface area (Å²) in [5, 5.41) is 9.36. The first-order chi connectivity index (χ1) is 8.65. The zero-order valence-corrected chi connectivity index (χ0v) is 11.2. The molecule has 1 aromatic rings. The monoisotopic (exact) mass is 248 g/mol. The predicted molar refractivity (Wildman–Crippen MR) is 75.7 cm³/mol. The first-order valence-corrected chi connectivity index (χ1v) is 6.95. The summed E-state index contributed by atoms with van der Waals surface area (Å²) in [6.45, 7) is 6.02. The Labute approximate surface area is 110 Å².